The molecule has 0 aliphatic carbocycles. The smallest absolute Gasteiger partial charge is 0.262 e. The van der Waals surface area contributed by atoms with Gasteiger partial charge in [-0.05, 0) is 60.5 Å². The van der Waals surface area contributed by atoms with Crippen LogP contribution in [0.25, 0.3) is 6.08 Å². The van der Waals surface area contributed by atoms with Crippen LogP contribution in [0.1, 0.15) is 21.7 Å². The van der Waals surface area contributed by atoms with Crippen LogP contribution in [0.2, 0.25) is 0 Å². The zero-order valence-corrected chi connectivity index (χ0v) is 14.8. The molecule has 27 heavy (non-hydrogen) atoms. The number of allylic oxidation sites excluding steroid dienone is 1. The van der Waals surface area contributed by atoms with Gasteiger partial charge in [-0.15, -0.1) is 0 Å². The van der Waals surface area contributed by atoms with E-state index >= 15 is 0 Å². The number of anilines is 1. The second-order valence-electron chi connectivity index (χ2n) is 5.95. The minimum Gasteiger partial charge on any atom is -0.484 e. The van der Waals surface area contributed by atoms with E-state index in [4.69, 9.17) is 9.15 Å². The number of aryl methyl sites for hydroxylation is 1. The molecule has 5 heteroatoms. The molecule has 0 aliphatic heterocycles. The van der Waals surface area contributed by atoms with Gasteiger partial charge in [-0.1, -0.05) is 30.3 Å². The first-order valence-electron chi connectivity index (χ1n) is 8.45. The number of ketones is 1. The second kappa shape index (κ2) is 8.67. The molecule has 0 atom stereocenters. The van der Waals surface area contributed by atoms with E-state index in [2.05, 4.69) is 5.32 Å². The van der Waals surface area contributed by atoms with Crippen molar-refractivity contribution in [2.24, 2.45) is 0 Å². The minimum absolute atomic E-state index is 0.0667. The van der Waals surface area contributed by atoms with Crippen LogP contribution in [0.15, 0.2) is 77.4 Å². The minimum atomic E-state index is -0.243. The van der Waals surface area contributed by atoms with Crippen LogP contribution in [-0.4, -0.2) is 18.3 Å². The number of furan rings is 1. The maximum absolute atomic E-state index is 12.0. The average molecular weight is 361 g/mol. The number of hydrogen-bond acceptors (Lipinski definition) is 4. The fourth-order valence-electron chi connectivity index (χ4n) is 2.40. The maximum Gasteiger partial charge on any atom is 0.262 e. The van der Waals surface area contributed by atoms with Gasteiger partial charge in [-0.25, -0.2) is 0 Å². The summed E-state index contributed by atoms with van der Waals surface area (Å²) in [6.07, 6.45) is 4.60. The Kier molecular flexibility index (Phi) is 5.84. The van der Waals surface area contributed by atoms with Gasteiger partial charge in [0.25, 0.3) is 5.91 Å². The van der Waals surface area contributed by atoms with E-state index in [1.54, 1.807) is 30.3 Å². The third kappa shape index (κ3) is 5.44. The Labute approximate surface area is 157 Å². The standard InChI is InChI=1S/C22H19NO4/c1-16-4-2-5-19(14-16)27-15-22(25)23-18-10-7-17(8-11-18)9-12-20(24)21-6-3-13-26-21/h2-14H,15H2,1H3,(H,23,25)/b12-9+. The summed E-state index contributed by atoms with van der Waals surface area (Å²) in [5.41, 5.74) is 2.56. The molecule has 3 aromatic rings. The topological polar surface area (TPSA) is 68.5 Å². The summed E-state index contributed by atoms with van der Waals surface area (Å²) in [5, 5.41) is 2.77. The summed E-state index contributed by atoms with van der Waals surface area (Å²) in [5.74, 6) is 0.508. The molecule has 1 aromatic heterocycles. The molecule has 0 fully saturated rings. The Hall–Kier alpha value is -3.60. The van der Waals surface area contributed by atoms with E-state index in [0.717, 1.165) is 11.1 Å². The number of rotatable bonds is 7. The third-order valence-electron chi connectivity index (χ3n) is 3.75. The molecule has 3 rings (SSSR count). The Bertz CT molecular complexity index is 941. The summed E-state index contributed by atoms with van der Waals surface area (Å²) in [6, 6.07) is 18.0. The molecule has 2 aromatic carbocycles. The first-order valence-corrected chi connectivity index (χ1v) is 8.45. The third-order valence-corrected chi connectivity index (χ3v) is 3.75. The SMILES string of the molecule is Cc1cccc(OCC(=O)Nc2ccc(/C=C/C(=O)c3ccco3)cc2)c1. The van der Waals surface area contributed by atoms with Gasteiger partial charge < -0.3 is 14.5 Å². The summed E-state index contributed by atoms with van der Waals surface area (Å²) >= 11 is 0. The van der Waals surface area contributed by atoms with Crippen LogP contribution in [0.3, 0.4) is 0 Å². The van der Waals surface area contributed by atoms with Gasteiger partial charge in [0.2, 0.25) is 5.78 Å². The molecule has 0 aliphatic rings. The molecule has 0 saturated heterocycles. The summed E-state index contributed by atoms with van der Waals surface area (Å²) in [7, 11) is 0. The molecule has 0 bridgehead atoms. The molecule has 5 nitrogen and oxygen atoms in total. The summed E-state index contributed by atoms with van der Waals surface area (Å²) in [4.78, 5) is 23.8. The number of ether oxygens (including phenoxy) is 1. The van der Waals surface area contributed by atoms with Crippen LogP contribution in [0, 0.1) is 6.92 Å². The number of carbonyl (C=O) groups excluding carboxylic acids is 2. The molecule has 1 amide bonds. The molecule has 1 heterocycles. The first-order chi connectivity index (χ1) is 13.1. The van der Waals surface area contributed by atoms with Gasteiger partial charge >= 0.3 is 0 Å². The second-order valence-corrected chi connectivity index (χ2v) is 5.95. The van der Waals surface area contributed by atoms with E-state index in [-0.39, 0.29) is 18.3 Å². The van der Waals surface area contributed by atoms with Crippen LogP contribution in [0.5, 0.6) is 5.75 Å². The number of hydrogen-bond donors (Lipinski definition) is 1. The fraction of sp³-hybridized carbons (Fsp3) is 0.0909. The number of carbonyl (C=O) groups is 2. The lowest BCUT2D eigenvalue weighted by Crippen LogP contribution is -2.20. The van der Waals surface area contributed by atoms with Crippen molar-refractivity contribution in [1.82, 2.24) is 0 Å². The predicted octanol–water partition coefficient (Wildman–Crippen LogP) is 4.50. The monoisotopic (exact) mass is 361 g/mol. The van der Waals surface area contributed by atoms with Crippen molar-refractivity contribution in [2.75, 3.05) is 11.9 Å². The normalized spacial score (nSPS) is 10.7. The van der Waals surface area contributed by atoms with Crippen molar-refractivity contribution in [3.63, 3.8) is 0 Å². The van der Waals surface area contributed by atoms with Crippen molar-refractivity contribution in [2.45, 2.75) is 6.92 Å². The molecule has 1 N–H and O–H groups in total. The molecule has 0 saturated carbocycles. The van der Waals surface area contributed by atoms with Crippen molar-refractivity contribution >= 4 is 23.5 Å². The van der Waals surface area contributed by atoms with Gasteiger partial charge in [-0.2, -0.15) is 0 Å². The Balaban J connectivity index is 1.51. The lowest BCUT2D eigenvalue weighted by atomic mass is 10.1. The van der Waals surface area contributed by atoms with Crippen LogP contribution in [0.4, 0.5) is 5.69 Å². The highest BCUT2D eigenvalue weighted by Gasteiger charge is 2.05. The highest BCUT2D eigenvalue weighted by Crippen LogP contribution is 2.14. The van der Waals surface area contributed by atoms with Crippen molar-refractivity contribution in [3.05, 3.63) is 89.9 Å². The zero-order chi connectivity index (χ0) is 19.1. The van der Waals surface area contributed by atoms with Crippen LogP contribution in [-0.2, 0) is 4.79 Å². The lowest BCUT2D eigenvalue weighted by Gasteiger charge is -2.08. The lowest BCUT2D eigenvalue weighted by molar-refractivity contribution is -0.118. The van der Waals surface area contributed by atoms with E-state index in [1.807, 2.05) is 43.3 Å². The van der Waals surface area contributed by atoms with Gasteiger partial charge in [0.05, 0.1) is 6.26 Å². The molecular formula is C22H19NO4. The highest BCUT2D eigenvalue weighted by atomic mass is 16.5. The van der Waals surface area contributed by atoms with E-state index < -0.39 is 0 Å². The molecule has 0 radical (unpaired) electrons. The Morgan fingerprint density at radius 3 is 2.59 bits per heavy atom. The van der Waals surface area contributed by atoms with E-state index in [9.17, 15) is 9.59 Å². The summed E-state index contributed by atoms with van der Waals surface area (Å²) < 4.78 is 10.5. The van der Waals surface area contributed by atoms with E-state index in [0.29, 0.717) is 17.2 Å². The molecule has 0 unspecified atom stereocenters. The maximum atomic E-state index is 12.0. The number of amides is 1. The zero-order valence-electron chi connectivity index (χ0n) is 14.8. The highest BCUT2D eigenvalue weighted by molar-refractivity contribution is 6.04. The first kappa shape index (κ1) is 18.2. The Morgan fingerprint density at radius 1 is 1.07 bits per heavy atom. The van der Waals surface area contributed by atoms with Crippen LogP contribution >= 0.6 is 0 Å². The molecule has 0 spiro atoms. The van der Waals surface area contributed by atoms with Crippen molar-refractivity contribution in [3.8, 4) is 5.75 Å². The number of nitrogens with one attached hydrogen (secondary N) is 1. The average Bonchev–Trinajstić information content (AvgIpc) is 3.21. The largest absolute Gasteiger partial charge is 0.484 e. The van der Waals surface area contributed by atoms with Crippen molar-refractivity contribution in [1.29, 1.82) is 0 Å². The van der Waals surface area contributed by atoms with Gasteiger partial charge in [0.1, 0.15) is 5.75 Å². The fourth-order valence-corrected chi connectivity index (χ4v) is 2.40. The molecule has 136 valence electrons. The summed E-state index contributed by atoms with van der Waals surface area (Å²) in [6.45, 7) is 1.90. The van der Waals surface area contributed by atoms with Gasteiger partial charge in [0, 0.05) is 5.69 Å². The quantitative estimate of drug-likeness (QED) is 0.497. The predicted molar refractivity (Wildman–Crippen MR) is 104 cm³/mol. The van der Waals surface area contributed by atoms with E-state index in [1.165, 1.54) is 12.3 Å². The van der Waals surface area contributed by atoms with Gasteiger partial charge in [-0.3, -0.25) is 9.59 Å². The number of benzene rings is 2. The van der Waals surface area contributed by atoms with Gasteiger partial charge in [0.15, 0.2) is 12.4 Å². The van der Waals surface area contributed by atoms with Crippen molar-refractivity contribution < 1.29 is 18.7 Å². The van der Waals surface area contributed by atoms with Crippen LogP contribution < -0.4 is 10.1 Å². The molecular weight excluding hydrogens is 342 g/mol. The Morgan fingerprint density at radius 2 is 1.89 bits per heavy atom.